The Kier molecular flexibility index (Phi) is 4.58. The van der Waals surface area contributed by atoms with E-state index in [0.29, 0.717) is 16.4 Å². The normalized spacial score (nSPS) is 20.6. The SMILES string of the molecule is O=C(NCCN1C(=O)S/C(=C\c2ccc3c(c2)OCO3)C1=O)C1CCC1. The summed E-state index contributed by atoms with van der Waals surface area (Å²) in [4.78, 5) is 38.0. The molecule has 1 saturated heterocycles. The van der Waals surface area contributed by atoms with Gasteiger partial charge in [0.15, 0.2) is 11.5 Å². The van der Waals surface area contributed by atoms with Gasteiger partial charge in [-0.3, -0.25) is 19.3 Å². The number of thioether (sulfide) groups is 1. The molecule has 3 aliphatic rings. The molecule has 136 valence electrons. The van der Waals surface area contributed by atoms with E-state index in [1.807, 2.05) is 0 Å². The lowest BCUT2D eigenvalue weighted by Gasteiger charge is -2.24. The lowest BCUT2D eigenvalue weighted by molar-refractivity contribution is -0.128. The van der Waals surface area contributed by atoms with E-state index in [1.54, 1.807) is 24.3 Å². The van der Waals surface area contributed by atoms with Gasteiger partial charge < -0.3 is 14.8 Å². The maximum atomic E-state index is 12.5. The van der Waals surface area contributed by atoms with E-state index in [9.17, 15) is 14.4 Å². The van der Waals surface area contributed by atoms with Gasteiger partial charge in [-0.2, -0.15) is 0 Å². The molecule has 7 nitrogen and oxygen atoms in total. The summed E-state index contributed by atoms with van der Waals surface area (Å²) >= 11 is 0.904. The zero-order valence-corrected chi connectivity index (χ0v) is 14.8. The molecule has 0 unspecified atom stereocenters. The van der Waals surface area contributed by atoms with Crippen LogP contribution in [0, 0.1) is 5.92 Å². The summed E-state index contributed by atoms with van der Waals surface area (Å²) in [5, 5.41) is 2.48. The number of nitrogens with zero attached hydrogens (tertiary/aromatic N) is 1. The van der Waals surface area contributed by atoms with Gasteiger partial charge in [-0.1, -0.05) is 12.5 Å². The molecule has 0 bridgehead atoms. The fourth-order valence-corrected chi connectivity index (χ4v) is 3.82. The van der Waals surface area contributed by atoms with Crippen LogP contribution in [0.15, 0.2) is 23.1 Å². The summed E-state index contributed by atoms with van der Waals surface area (Å²) in [5.74, 6) is 1.06. The van der Waals surface area contributed by atoms with E-state index in [2.05, 4.69) is 5.32 Å². The van der Waals surface area contributed by atoms with Gasteiger partial charge >= 0.3 is 0 Å². The van der Waals surface area contributed by atoms with Crippen LogP contribution < -0.4 is 14.8 Å². The van der Waals surface area contributed by atoms with Gasteiger partial charge in [0.1, 0.15) is 0 Å². The Bertz CT molecular complexity index is 803. The fraction of sp³-hybridized carbons (Fsp3) is 0.389. The van der Waals surface area contributed by atoms with Gasteiger partial charge in [-0.25, -0.2) is 0 Å². The number of rotatable bonds is 5. The van der Waals surface area contributed by atoms with Crippen LogP contribution in [-0.4, -0.2) is 41.8 Å². The van der Waals surface area contributed by atoms with E-state index < -0.39 is 0 Å². The topological polar surface area (TPSA) is 84.9 Å². The Hall–Kier alpha value is -2.48. The Morgan fingerprint density at radius 1 is 1.27 bits per heavy atom. The maximum Gasteiger partial charge on any atom is 0.293 e. The minimum atomic E-state index is -0.337. The third-order valence-corrected chi connectivity index (χ3v) is 5.59. The molecule has 0 aromatic heterocycles. The number of imide groups is 1. The Morgan fingerprint density at radius 2 is 2.08 bits per heavy atom. The van der Waals surface area contributed by atoms with Crippen LogP contribution >= 0.6 is 11.8 Å². The third kappa shape index (κ3) is 3.29. The summed E-state index contributed by atoms with van der Waals surface area (Å²) in [5.41, 5.74) is 0.762. The average molecular weight is 374 g/mol. The second kappa shape index (κ2) is 7.03. The molecule has 0 spiro atoms. The standard InChI is InChI=1S/C18H18N2O5S/c21-16(12-2-1-3-12)19-6-7-20-17(22)15(26-18(20)23)9-11-4-5-13-14(8-11)25-10-24-13/h4-5,8-9,12H,1-3,6-7,10H2,(H,19,21)/b15-9-. The number of carbonyl (C=O) groups excluding carboxylic acids is 3. The van der Waals surface area contributed by atoms with Crippen LogP contribution in [0.1, 0.15) is 24.8 Å². The predicted molar refractivity (Wildman–Crippen MR) is 95.6 cm³/mol. The van der Waals surface area contributed by atoms with Crippen molar-refractivity contribution in [1.29, 1.82) is 0 Å². The van der Waals surface area contributed by atoms with Crippen molar-refractivity contribution in [3.63, 3.8) is 0 Å². The van der Waals surface area contributed by atoms with Crippen molar-refractivity contribution >= 4 is 34.9 Å². The second-order valence-electron chi connectivity index (χ2n) is 6.36. The summed E-state index contributed by atoms with van der Waals surface area (Å²) in [7, 11) is 0. The molecule has 1 saturated carbocycles. The van der Waals surface area contributed by atoms with Gasteiger partial charge in [0.05, 0.1) is 4.91 Å². The first-order chi connectivity index (χ1) is 12.6. The highest BCUT2D eigenvalue weighted by molar-refractivity contribution is 8.18. The first-order valence-electron chi connectivity index (χ1n) is 8.54. The van der Waals surface area contributed by atoms with Gasteiger partial charge in [0.2, 0.25) is 12.7 Å². The number of carbonyl (C=O) groups is 3. The number of benzene rings is 1. The highest BCUT2D eigenvalue weighted by Crippen LogP contribution is 2.36. The van der Waals surface area contributed by atoms with Crippen LogP contribution in [0.2, 0.25) is 0 Å². The second-order valence-corrected chi connectivity index (χ2v) is 7.36. The first kappa shape index (κ1) is 17.0. The van der Waals surface area contributed by atoms with E-state index in [1.165, 1.54) is 4.90 Å². The predicted octanol–water partition coefficient (Wildman–Crippen LogP) is 2.37. The van der Waals surface area contributed by atoms with Crippen LogP contribution in [0.3, 0.4) is 0 Å². The number of hydrogen-bond acceptors (Lipinski definition) is 6. The van der Waals surface area contributed by atoms with E-state index in [4.69, 9.17) is 9.47 Å². The van der Waals surface area contributed by atoms with Crippen LogP contribution in [-0.2, 0) is 9.59 Å². The molecule has 2 heterocycles. The average Bonchev–Trinajstić information content (AvgIpc) is 3.12. The minimum absolute atomic E-state index is 0.0131. The van der Waals surface area contributed by atoms with E-state index in [0.717, 1.165) is 36.6 Å². The van der Waals surface area contributed by atoms with Crippen LogP contribution in [0.4, 0.5) is 4.79 Å². The van der Waals surface area contributed by atoms with Gasteiger partial charge in [-0.05, 0) is 48.4 Å². The molecule has 2 aliphatic heterocycles. The molecule has 0 atom stereocenters. The van der Waals surface area contributed by atoms with Crippen molar-refractivity contribution in [2.24, 2.45) is 5.92 Å². The van der Waals surface area contributed by atoms with Crippen molar-refractivity contribution in [3.8, 4) is 11.5 Å². The molecule has 1 aromatic carbocycles. The molecule has 1 aromatic rings. The first-order valence-corrected chi connectivity index (χ1v) is 9.36. The molecule has 0 radical (unpaired) electrons. The van der Waals surface area contributed by atoms with Crippen LogP contribution in [0.5, 0.6) is 11.5 Å². The molecule has 8 heteroatoms. The molecule has 1 aliphatic carbocycles. The molecule has 1 N–H and O–H groups in total. The number of amides is 3. The largest absolute Gasteiger partial charge is 0.454 e. The number of ether oxygens (including phenoxy) is 2. The molecule has 3 amide bonds. The quantitative estimate of drug-likeness (QED) is 0.797. The van der Waals surface area contributed by atoms with Gasteiger partial charge in [0.25, 0.3) is 11.1 Å². The van der Waals surface area contributed by atoms with Crippen molar-refractivity contribution < 1.29 is 23.9 Å². The third-order valence-electron chi connectivity index (χ3n) is 4.68. The Balaban J connectivity index is 1.37. The van der Waals surface area contributed by atoms with Gasteiger partial charge in [-0.15, -0.1) is 0 Å². The van der Waals surface area contributed by atoms with Crippen molar-refractivity contribution in [2.75, 3.05) is 19.9 Å². The monoisotopic (exact) mass is 374 g/mol. The molecule has 4 rings (SSSR count). The van der Waals surface area contributed by atoms with Crippen molar-refractivity contribution in [1.82, 2.24) is 10.2 Å². The molecule has 26 heavy (non-hydrogen) atoms. The zero-order chi connectivity index (χ0) is 18.1. The number of nitrogens with one attached hydrogen (secondary N) is 1. The number of fused-ring (bicyclic) bond motifs is 1. The smallest absolute Gasteiger partial charge is 0.293 e. The van der Waals surface area contributed by atoms with Crippen LogP contribution in [0.25, 0.3) is 6.08 Å². The van der Waals surface area contributed by atoms with Crippen molar-refractivity contribution in [2.45, 2.75) is 19.3 Å². The van der Waals surface area contributed by atoms with Crippen molar-refractivity contribution in [3.05, 3.63) is 28.7 Å². The maximum absolute atomic E-state index is 12.5. The lowest BCUT2D eigenvalue weighted by Crippen LogP contribution is -2.40. The molecule has 2 fully saturated rings. The summed E-state index contributed by atoms with van der Waals surface area (Å²) in [6.07, 6.45) is 4.60. The fourth-order valence-electron chi connectivity index (χ4n) is 2.95. The zero-order valence-electron chi connectivity index (χ0n) is 14.0. The molecular formula is C18H18N2O5S. The Labute approximate surface area is 154 Å². The highest BCUT2D eigenvalue weighted by atomic mass is 32.2. The molecular weight excluding hydrogens is 356 g/mol. The minimum Gasteiger partial charge on any atom is -0.454 e. The Morgan fingerprint density at radius 3 is 2.85 bits per heavy atom. The van der Waals surface area contributed by atoms with E-state index in [-0.39, 0.29) is 42.9 Å². The lowest BCUT2D eigenvalue weighted by atomic mass is 9.85. The van der Waals surface area contributed by atoms with Gasteiger partial charge in [0, 0.05) is 19.0 Å². The number of hydrogen-bond donors (Lipinski definition) is 1. The summed E-state index contributed by atoms with van der Waals surface area (Å²) in [6.45, 7) is 0.647. The highest BCUT2D eigenvalue weighted by Gasteiger charge is 2.35. The van der Waals surface area contributed by atoms with E-state index >= 15 is 0 Å². The summed E-state index contributed by atoms with van der Waals surface area (Å²) in [6, 6.07) is 5.35. The summed E-state index contributed by atoms with van der Waals surface area (Å²) < 4.78 is 10.6.